The summed E-state index contributed by atoms with van der Waals surface area (Å²) in [6.07, 6.45) is 4.69. The maximum Gasteiger partial charge on any atom is 0.318 e. The van der Waals surface area contributed by atoms with Crippen molar-refractivity contribution in [2.24, 2.45) is 0 Å². The Hall–Kier alpha value is -4.25. The van der Waals surface area contributed by atoms with Gasteiger partial charge in [0.2, 0.25) is 11.8 Å². The van der Waals surface area contributed by atoms with Crippen LogP contribution < -0.4 is 25.6 Å². The number of urea groups is 1. The number of benzene rings is 2. The van der Waals surface area contributed by atoms with E-state index in [4.69, 9.17) is 39.5 Å². The first kappa shape index (κ1) is 30.7. The second-order valence-electron chi connectivity index (χ2n) is 9.03. The van der Waals surface area contributed by atoms with Crippen molar-refractivity contribution in [3.8, 4) is 5.75 Å². The predicted molar refractivity (Wildman–Crippen MR) is 166 cm³/mol. The van der Waals surface area contributed by atoms with Crippen molar-refractivity contribution >= 4 is 75.7 Å². The van der Waals surface area contributed by atoms with E-state index in [0.29, 0.717) is 44.2 Å². The highest BCUT2D eigenvalue weighted by Gasteiger charge is 2.20. The Kier molecular flexibility index (Phi) is 9.95. The highest BCUT2D eigenvalue weighted by Crippen LogP contribution is 2.35. The van der Waals surface area contributed by atoms with Gasteiger partial charge >= 0.3 is 6.03 Å². The molecule has 0 radical (unpaired) electrons. The van der Waals surface area contributed by atoms with Crippen LogP contribution in [0.3, 0.4) is 0 Å². The van der Waals surface area contributed by atoms with Crippen LogP contribution in [0.2, 0.25) is 15.2 Å². The number of likely N-dealkylation sites (N-methyl/N-ethyl adjacent to an activating group) is 1. The summed E-state index contributed by atoms with van der Waals surface area (Å²) in [6.45, 7) is 1.55. The van der Waals surface area contributed by atoms with E-state index in [1.807, 2.05) is 0 Å². The summed E-state index contributed by atoms with van der Waals surface area (Å²) in [7, 11) is 3.07. The third kappa shape index (κ3) is 7.14. The number of rotatable bonds is 9. The molecule has 4 rings (SSSR count). The molecule has 0 aliphatic rings. The van der Waals surface area contributed by atoms with E-state index >= 15 is 0 Å². The summed E-state index contributed by atoms with van der Waals surface area (Å²) in [5.74, 6) is -0.365. The third-order valence-electron chi connectivity index (χ3n) is 6.22. The third-order valence-corrected chi connectivity index (χ3v) is 7.46. The van der Waals surface area contributed by atoms with E-state index in [0.717, 1.165) is 5.56 Å². The number of aromatic nitrogens is 2. The van der Waals surface area contributed by atoms with Crippen LogP contribution in [0.25, 0.3) is 11.7 Å². The Labute approximate surface area is 257 Å². The lowest BCUT2D eigenvalue weighted by Gasteiger charge is -2.21. The Morgan fingerprint density at radius 2 is 1.81 bits per heavy atom. The zero-order chi connectivity index (χ0) is 30.4. The largest absolute Gasteiger partial charge is 0.485 e. The normalized spacial score (nSPS) is 11.0. The maximum atomic E-state index is 12.9. The molecule has 0 saturated heterocycles. The summed E-state index contributed by atoms with van der Waals surface area (Å²) in [6, 6.07) is 13.3. The standard InChI is InChI=1S/C29H27Cl3N6O4/c1-17-27(32)38-14-4-5-23(28(38)35-17)42-16-20-21(30)11-12-22(26(20)31)37(3)25(40)15-34-24(39)13-8-18-6-9-19(10-7-18)36-29(41)33-2/h4-14H,15-16H2,1-3H3,(H,34,39)(H2,33,36,41)/b13-8+. The molecular formula is C29H27Cl3N6O4. The number of ether oxygens (including phenoxy) is 1. The first-order valence-corrected chi connectivity index (χ1v) is 13.8. The lowest BCUT2D eigenvalue weighted by Crippen LogP contribution is -2.37. The molecule has 0 bridgehead atoms. The Bertz CT molecular complexity index is 1670. The van der Waals surface area contributed by atoms with Gasteiger partial charge in [0.15, 0.2) is 11.4 Å². The molecule has 4 amide bonds. The molecule has 10 nitrogen and oxygen atoms in total. The summed E-state index contributed by atoms with van der Waals surface area (Å²) >= 11 is 19.4. The molecule has 218 valence electrons. The number of anilines is 2. The van der Waals surface area contributed by atoms with Gasteiger partial charge in [0.1, 0.15) is 11.8 Å². The number of amides is 4. The molecule has 0 spiro atoms. The van der Waals surface area contributed by atoms with E-state index in [9.17, 15) is 14.4 Å². The van der Waals surface area contributed by atoms with E-state index in [1.165, 1.54) is 18.0 Å². The first-order chi connectivity index (χ1) is 20.1. The van der Waals surface area contributed by atoms with Crippen LogP contribution in [-0.4, -0.2) is 47.9 Å². The Morgan fingerprint density at radius 1 is 1.07 bits per heavy atom. The van der Waals surface area contributed by atoms with Gasteiger partial charge in [-0.2, -0.15) is 0 Å². The zero-order valence-electron chi connectivity index (χ0n) is 22.9. The van der Waals surface area contributed by atoms with Crippen LogP contribution in [0, 0.1) is 6.92 Å². The molecule has 0 atom stereocenters. The van der Waals surface area contributed by atoms with Crippen molar-refractivity contribution in [2.75, 3.05) is 30.9 Å². The quantitative estimate of drug-likeness (QED) is 0.205. The second-order valence-corrected chi connectivity index (χ2v) is 10.2. The fraction of sp³-hybridized carbons (Fsp3) is 0.172. The van der Waals surface area contributed by atoms with Crippen molar-refractivity contribution in [1.82, 2.24) is 20.0 Å². The number of pyridine rings is 1. The van der Waals surface area contributed by atoms with Gasteiger partial charge in [0.25, 0.3) is 0 Å². The molecule has 42 heavy (non-hydrogen) atoms. The smallest absolute Gasteiger partial charge is 0.318 e. The summed E-state index contributed by atoms with van der Waals surface area (Å²) in [4.78, 5) is 42.4. The maximum absolute atomic E-state index is 12.9. The molecule has 2 aromatic carbocycles. The molecule has 13 heteroatoms. The first-order valence-electron chi connectivity index (χ1n) is 12.6. The average Bonchev–Trinajstić information content (AvgIpc) is 3.28. The number of halogens is 3. The SMILES string of the molecule is CNC(=O)Nc1ccc(/C=C/C(=O)NCC(=O)N(C)c2ccc(Cl)c(COc3cccn4c(Cl)c(C)nc34)c2Cl)cc1. The van der Waals surface area contributed by atoms with Crippen LogP contribution in [0.4, 0.5) is 16.2 Å². The number of aryl methyl sites for hydroxylation is 1. The van der Waals surface area contributed by atoms with Crippen molar-refractivity contribution in [1.29, 1.82) is 0 Å². The van der Waals surface area contributed by atoms with Crippen LogP contribution in [0.15, 0.2) is 60.8 Å². The van der Waals surface area contributed by atoms with Crippen molar-refractivity contribution < 1.29 is 19.1 Å². The van der Waals surface area contributed by atoms with Gasteiger partial charge in [0.05, 0.1) is 22.9 Å². The van der Waals surface area contributed by atoms with Gasteiger partial charge in [-0.3, -0.25) is 14.0 Å². The van der Waals surface area contributed by atoms with Gasteiger partial charge in [-0.15, -0.1) is 0 Å². The number of carbonyl (C=O) groups is 3. The van der Waals surface area contributed by atoms with E-state index in [1.54, 1.807) is 79.2 Å². The van der Waals surface area contributed by atoms with E-state index in [2.05, 4.69) is 20.9 Å². The summed E-state index contributed by atoms with van der Waals surface area (Å²) < 4.78 is 7.71. The topological polar surface area (TPSA) is 117 Å². The predicted octanol–water partition coefficient (Wildman–Crippen LogP) is 5.73. The molecular weight excluding hydrogens is 603 g/mol. The average molecular weight is 630 g/mol. The zero-order valence-corrected chi connectivity index (χ0v) is 25.1. The Balaban J connectivity index is 1.37. The second kappa shape index (κ2) is 13.6. The summed E-state index contributed by atoms with van der Waals surface area (Å²) in [5.41, 5.74) is 3.44. The minimum atomic E-state index is -0.455. The minimum absolute atomic E-state index is 0.0150. The minimum Gasteiger partial charge on any atom is -0.485 e. The molecule has 0 unspecified atom stereocenters. The molecule has 4 aromatic rings. The van der Waals surface area contributed by atoms with Crippen LogP contribution in [-0.2, 0) is 16.2 Å². The monoisotopic (exact) mass is 628 g/mol. The number of hydrogen-bond acceptors (Lipinski definition) is 5. The van der Waals surface area contributed by atoms with Crippen LogP contribution in [0.5, 0.6) is 5.75 Å². The molecule has 2 heterocycles. The van der Waals surface area contributed by atoms with Gasteiger partial charge in [-0.1, -0.05) is 46.9 Å². The number of fused-ring (bicyclic) bond motifs is 1. The number of hydrogen-bond donors (Lipinski definition) is 3. The van der Waals surface area contributed by atoms with Gasteiger partial charge in [-0.25, -0.2) is 9.78 Å². The van der Waals surface area contributed by atoms with Crippen molar-refractivity contribution in [3.63, 3.8) is 0 Å². The van der Waals surface area contributed by atoms with E-state index in [-0.39, 0.29) is 24.2 Å². The van der Waals surface area contributed by atoms with Crippen molar-refractivity contribution in [3.05, 3.63) is 92.8 Å². The number of imidazole rings is 1. The molecule has 0 aliphatic carbocycles. The molecule has 0 saturated carbocycles. The van der Waals surface area contributed by atoms with E-state index < -0.39 is 11.8 Å². The summed E-state index contributed by atoms with van der Waals surface area (Å²) in [5, 5.41) is 8.77. The molecule has 2 aromatic heterocycles. The fourth-order valence-electron chi connectivity index (χ4n) is 3.88. The molecule has 0 fully saturated rings. The molecule has 3 N–H and O–H groups in total. The van der Waals surface area contributed by atoms with Gasteiger partial charge in [0, 0.05) is 42.6 Å². The number of nitrogens with one attached hydrogen (secondary N) is 3. The van der Waals surface area contributed by atoms with Gasteiger partial charge < -0.3 is 25.6 Å². The van der Waals surface area contributed by atoms with Crippen LogP contribution >= 0.6 is 34.8 Å². The Morgan fingerprint density at radius 3 is 2.52 bits per heavy atom. The lowest BCUT2D eigenvalue weighted by atomic mass is 10.2. The fourth-order valence-corrected chi connectivity index (χ4v) is 4.67. The van der Waals surface area contributed by atoms with Crippen molar-refractivity contribution in [2.45, 2.75) is 13.5 Å². The molecule has 0 aliphatic heterocycles. The highest BCUT2D eigenvalue weighted by molar-refractivity contribution is 6.38. The van der Waals surface area contributed by atoms with Crippen LogP contribution in [0.1, 0.15) is 16.8 Å². The van der Waals surface area contributed by atoms with Gasteiger partial charge in [-0.05, 0) is 55.0 Å². The lowest BCUT2D eigenvalue weighted by molar-refractivity contribution is -0.122. The number of nitrogens with zero attached hydrogens (tertiary/aromatic N) is 3. The highest BCUT2D eigenvalue weighted by atomic mass is 35.5. The number of carbonyl (C=O) groups excluding carboxylic acids is 3.